The summed E-state index contributed by atoms with van der Waals surface area (Å²) >= 11 is 3.46. The molecule has 1 unspecified atom stereocenters. The molecular formula is C13H14BrNO4S. The Kier molecular flexibility index (Phi) is 3.11. The van der Waals surface area contributed by atoms with E-state index in [1.54, 1.807) is 6.07 Å². The van der Waals surface area contributed by atoms with Gasteiger partial charge in [0.05, 0.1) is 24.1 Å². The number of ether oxygens (including phenoxy) is 2. The average Bonchev–Trinajstić information content (AvgIpc) is 2.68. The van der Waals surface area contributed by atoms with Crippen LogP contribution in [0.2, 0.25) is 0 Å². The smallest absolute Gasteiger partial charge is 0.244 e. The molecule has 2 bridgehead atoms. The summed E-state index contributed by atoms with van der Waals surface area (Å²) in [4.78, 5) is -0.0138. The van der Waals surface area contributed by atoms with Crippen molar-refractivity contribution in [2.24, 2.45) is 0 Å². The van der Waals surface area contributed by atoms with Gasteiger partial charge in [0.2, 0.25) is 10.0 Å². The molecule has 108 valence electrons. The van der Waals surface area contributed by atoms with Crippen LogP contribution in [-0.4, -0.2) is 38.4 Å². The first-order valence-electron chi connectivity index (χ1n) is 6.01. The van der Waals surface area contributed by atoms with E-state index < -0.39 is 10.0 Å². The van der Waals surface area contributed by atoms with Gasteiger partial charge in [-0.3, -0.25) is 0 Å². The van der Waals surface area contributed by atoms with Gasteiger partial charge in [0.1, 0.15) is 0 Å². The maximum Gasteiger partial charge on any atom is 0.244 e. The van der Waals surface area contributed by atoms with Crippen LogP contribution >= 0.6 is 15.9 Å². The van der Waals surface area contributed by atoms with Crippen molar-refractivity contribution in [3.05, 3.63) is 29.8 Å². The highest BCUT2D eigenvalue weighted by Crippen LogP contribution is 2.51. The summed E-state index contributed by atoms with van der Waals surface area (Å²) in [5, 5.41) is 0. The zero-order chi connectivity index (χ0) is 14.7. The van der Waals surface area contributed by atoms with E-state index in [1.807, 2.05) is 0 Å². The summed E-state index contributed by atoms with van der Waals surface area (Å²) in [5.41, 5.74) is 1.59. The van der Waals surface area contributed by atoms with Gasteiger partial charge in [-0.05, 0) is 11.6 Å². The predicted octanol–water partition coefficient (Wildman–Crippen LogP) is 2.08. The van der Waals surface area contributed by atoms with Crippen LogP contribution in [0.5, 0.6) is 11.5 Å². The van der Waals surface area contributed by atoms with E-state index in [0.29, 0.717) is 23.6 Å². The minimum atomic E-state index is -3.54. The van der Waals surface area contributed by atoms with Gasteiger partial charge in [0.25, 0.3) is 0 Å². The van der Waals surface area contributed by atoms with Gasteiger partial charge in [-0.25, -0.2) is 8.42 Å². The molecule has 0 aromatic heterocycles. The second kappa shape index (κ2) is 4.47. The van der Waals surface area contributed by atoms with E-state index >= 15 is 0 Å². The molecule has 3 atom stereocenters. The quantitative estimate of drug-likeness (QED) is 0.460. The number of alkyl halides is 1. The summed E-state index contributed by atoms with van der Waals surface area (Å²) in [7, 11) is -0.523. The lowest BCUT2D eigenvalue weighted by molar-refractivity contribution is 0.351. The molecule has 2 aliphatic heterocycles. The third-order valence-corrected chi connectivity index (χ3v) is 6.96. The van der Waals surface area contributed by atoms with E-state index in [1.165, 1.54) is 24.6 Å². The van der Waals surface area contributed by atoms with Crippen molar-refractivity contribution < 1.29 is 17.9 Å². The van der Waals surface area contributed by atoms with Crippen molar-refractivity contribution in [1.29, 1.82) is 0 Å². The van der Waals surface area contributed by atoms with Crippen molar-refractivity contribution in [3.63, 3.8) is 0 Å². The molecule has 1 aromatic carbocycles. The molecule has 1 fully saturated rings. The van der Waals surface area contributed by atoms with Gasteiger partial charge >= 0.3 is 0 Å². The van der Waals surface area contributed by atoms with Gasteiger partial charge in [-0.2, -0.15) is 4.31 Å². The molecule has 3 rings (SSSR count). The van der Waals surface area contributed by atoms with E-state index in [0.717, 1.165) is 5.57 Å². The first-order chi connectivity index (χ1) is 9.41. The second-order valence-electron chi connectivity index (χ2n) is 4.80. The van der Waals surface area contributed by atoms with Gasteiger partial charge in [-0.1, -0.05) is 28.1 Å². The predicted molar refractivity (Wildman–Crippen MR) is 78.0 cm³/mol. The summed E-state index contributed by atoms with van der Waals surface area (Å²) in [6, 6.07) is 3.26. The zero-order valence-electron chi connectivity index (χ0n) is 11.1. The standard InChI is InChI=1S/C13H14BrNO4S/c1-7-6-15-13(14)12(7)8-4-9(18-2)10(19-3)5-11(8)20(15,16)17/h4-5,12-13H,1,6H2,2-3H3/t12-,13+/m0/s1. The maximum atomic E-state index is 12.6. The Bertz CT molecular complexity index is 701. The van der Waals surface area contributed by atoms with Crippen LogP contribution in [-0.2, 0) is 10.0 Å². The Balaban J connectivity index is 2.33. The van der Waals surface area contributed by atoms with E-state index in [4.69, 9.17) is 9.47 Å². The van der Waals surface area contributed by atoms with Crippen LogP contribution in [0.3, 0.4) is 0 Å². The van der Waals surface area contributed by atoms with Crippen LogP contribution in [0.15, 0.2) is 29.2 Å². The highest BCUT2D eigenvalue weighted by molar-refractivity contribution is 9.09. The first-order valence-corrected chi connectivity index (χ1v) is 8.37. The molecule has 0 N–H and O–H groups in total. The van der Waals surface area contributed by atoms with Crippen molar-refractivity contribution in [2.75, 3.05) is 20.8 Å². The maximum absolute atomic E-state index is 12.6. The van der Waals surface area contributed by atoms with Gasteiger partial charge in [0, 0.05) is 18.5 Å². The molecule has 2 aliphatic rings. The summed E-state index contributed by atoms with van der Waals surface area (Å²) in [6.07, 6.45) is 0. The third-order valence-electron chi connectivity index (χ3n) is 3.79. The normalized spacial score (nSPS) is 29.9. The molecule has 7 heteroatoms. The van der Waals surface area contributed by atoms with Crippen molar-refractivity contribution >= 4 is 26.0 Å². The van der Waals surface area contributed by atoms with Crippen LogP contribution in [0.4, 0.5) is 0 Å². The molecule has 0 spiro atoms. The number of hydrogen-bond acceptors (Lipinski definition) is 4. The Morgan fingerprint density at radius 3 is 2.50 bits per heavy atom. The highest BCUT2D eigenvalue weighted by Gasteiger charge is 2.50. The molecule has 5 nitrogen and oxygen atoms in total. The number of methoxy groups -OCH3 is 2. The SMILES string of the molecule is C=C1CN2[C@@H](Br)[C@@H]1c1cc(OC)c(OC)cc1S2(=O)=O. The number of rotatable bonds is 2. The molecule has 20 heavy (non-hydrogen) atoms. The molecule has 0 radical (unpaired) electrons. The van der Waals surface area contributed by atoms with Crippen LogP contribution in [0, 0.1) is 0 Å². The fourth-order valence-electron chi connectivity index (χ4n) is 2.80. The van der Waals surface area contributed by atoms with Crippen LogP contribution in [0.1, 0.15) is 11.5 Å². The van der Waals surface area contributed by atoms with Crippen molar-refractivity contribution in [1.82, 2.24) is 4.31 Å². The molecule has 1 aromatic rings. The van der Waals surface area contributed by atoms with Gasteiger partial charge in [0.15, 0.2) is 11.5 Å². The minimum Gasteiger partial charge on any atom is -0.493 e. The molecular weight excluding hydrogens is 346 g/mol. The fourth-order valence-corrected chi connectivity index (χ4v) is 5.98. The summed E-state index contributed by atoms with van der Waals surface area (Å²) in [5.74, 6) is 0.872. The molecule has 0 amide bonds. The zero-order valence-corrected chi connectivity index (χ0v) is 13.5. The second-order valence-corrected chi connectivity index (χ2v) is 7.60. The topological polar surface area (TPSA) is 55.8 Å². The van der Waals surface area contributed by atoms with Crippen LogP contribution < -0.4 is 9.47 Å². The average molecular weight is 360 g/mol. The first kappa shape index (κ1) is 13.9. The number of benzene rings is 1. The Hall–Kier alpha value is -1.05. The number of halogens is 1. The third kappa shape index (κ3) is 1.66. The number of fused-ring (bicyclic) bond motifs is 4. The highest BCUT2D eigenvalue weighted by atomic mass is 79.9. The van der Waals surface area contributed by atoms with Gasteiger partial charge in [-0.15, -0.1) is 0 Å². The van der Waals surface area contributed by atoms with Crippen LogP contribution in [0.25, 0.3) is 0 Å². The Labute approximate surface area is 126 Å². The lowest BCUT2D eigenvalue weighted by Gasteiger charge is -2.30. The van der Waals surface area contributed by atoms with E-state index in [9.17, 15) is 8.42 Å². The molecule has 0 aliphatic carbocycles. The number of hydrogen-bond donors (Lipinski definition) is 0. The molecule has 0 saturated carbocycles. The van der Waals surface area contributed by atoms with E-state index in [2.05, 4.69) is 22.5 Å². The van der Waals surface area contributed by atoms with E-state index in [-0.39, 0.29) is 15.8 Å². The Morgan fingerprint density at radius 1 is 1.30 bits per heavy atom. The fraction of sp³-hybridized carbons (Fsp3) is 0.385. The largest absolute Gasteiger partial charge is 0.493 e. The summed E-state index contributed by atoms with van der Waals surface area (Å²) in [6.45, 7) is 4.34. The van der Waals surface area contributed by atoms with Gasteiger partial charge < -0.3 is 9.47 Å². The Morgan fingerprint density at radius 2 is 1.90 bits per heavy atom. The van der Waals surface area contributed by atoms with Crippen molar-refractivity contribution in [2.45, 2.75) is 15.8 Å². The minimum absolute atomic E-state index is 0.0617. The monoisotopic (exact) mass is 359 g/mol. The number of nitrogens with zero attached hydrogens (tertiary/aromatic N) is 1. The lowest BCUT2D eigenvalue weighted by atomic mass is 9.94. The summed E-state index contributed by atoms with van der Waals surface area (Å²) < 4.78 is 37.2. The number of sulfonamides is 1. The molecule has 1 saturated heterocycles. The van der Waals surface area contributed by atoms with Crippen molar-refractivity contribution in [3.8, 4) is 11.5 Å². The lowest BCUT2D eigenvalue weighted by Crippen LogP contribution is -2.37. The molecule has 2 heterocycles.